The Labute approximate surface area is 125 Å². The summed E-state index contributed by atoms with van der Waals surface area (Å²) >= 11 is 0. The Morgan fingerprint density at radius 2 is 2.00 bits per heavy atom. The molecule has 0 spiro atoms. The smallest absolute Gasteiger partial charge is 0.323 e. The second kappa shape index (κ2) is 7.22. The molecular weight excluding hydrogens is 268 g/mol. The number of amides is 1. The first kappa shape index (κ1) is 15.5. The standard InChI is InChI=1S/C16H22N2O3/c1-12-6-8-13(9-7-12)17-15(19)11-18-10-4-3-5-14(18)16(20)21-2/h6-9,14H,3-5,10-11H2,1-2H3,(H,17,19). The maximum atomic E-state index is 12.1. The molecule has 0 saturated carbocycles. The van der Waals surface area contributed by atoms with Gasteiger partial charge in [-0.1, -0.05) is 24.1 Å². The predicted octanol–water partition coefficient (Wildman–Crippen LogP) is 1.96. The van der Waals surface area contributed by atoms with Crippen LogP contribution in [0.3, 0.4) is 0 Å². The van der Waals surface area contributed by atoms with Crippen molar-refractivity contribution in [3.8, 4) is 0 Å². The predicted molar refractivity (Wildman–Crippen MR) is 81.0 cm³/mol. The van der Waals surface area contributed by atoms with Gasteiger partial charge in [-0.15, -0.1) is 0 Å². The zero-order valence-electron chi connectivity index (χ0n) is 12.6. The highest BCUT2D eigenvalue weighted by atomic mass is 16.5. The molecule has 0 bridgehead atoms. The van der Waals surface area contributed by atoms with E-state index < -0.39 is 0 Å². The normalized spacial score (nSPS) is 19.0. The van der Waals surface area contributed by atoms with Gasteiger partial charge < -0.3 is 10.1 Å². The number of esters is 1. The first-order valence-electron chi connectivity index (χ1n) is 7.28. The number of aryl methyl sites for hydroxylation is 1. The lowest BCUT2D eigenvalue weighted by atomic mass is 10.0. The quantitative estimate of drug-likeness (QED) is 0.861. The molecule has 1 atom stereocenters. The Balaban J connectivity index is 1.93. The van der Waals surface area contributed by atoms with Gasteiger partial charge in [0.15, 0.2) is 0 Å². The van der Waals surface area contributed by atoms with E-state index in [1.54, 1.807) is 0 Å². The number of hydrogen-bond acceptors (Lipinski definition) is 4. The van der Waals surface area contributed by atoms with Gasteiger partial charge >= 0.3 is 5.97 Å². The number of rotatable bonds is 4. The summed E-state index contributed by atoms with van der Waals surface area (Å²) in [7, 11) is 1.39. The highest BCUT2D eigenvalue weighted by molar-refractivity contribution is 5.92. The molecule has 0 aliphatic carbocycles. The van der Waals surface area contributed by atoms with Crippen LogP contribution < -0.4 is 5.32 Å². The minimum absolute atomic E-state index is 0.102. The summed E-state index contributed by atoms with van der Waals surface area (Å²) in [6.45, 7) is 2.97. The van der Waals surface area contributed by atoms with E-state index in [0.29, 0.717) is 0 Å². The maximum absolute atomic E-state index is 12.1. The van der Waals surface area contributed by atoms with E-state index >= 15 is 0 Å². The first-order valence-corrected chi connectivity index (χ1v) is 7.28. The fourth-order valence-electron chi connectivity index (χ4n) is 2.61. The Morgan fingerprint density at radius 3 is 2.67 bits per heavy atom. The molecule has 5 nitrogen and oxygen atoms in total. The second-order valence-corrected chi connectivity index (χ2v) is 5.42. The van der Waals surface area contributed by atoms with Gasteiger partial charge in [0, 0.05) is 5.69 Å². The van der Waals surface area contributed by atoms with Gasteiger partial charge in [0.05, 0.1) is 13.7 Å². The van der Waals surface area contributed by atoms with Crippen molar-refractivity contribution >= 4 is 17.6 Å². The lowest BCUT2D eigenvalue weighted by Gasteiger charge is -2.32. The first-order chi connectivity index (χ1) is 10.1. The average molecular weight is 290 g/mol. The highest BCUT2D eigenvalue weighted by Crippen LogP contribution is 2.18. The van der Waals surface area contributed by atoms with Crippen molar-refractivity contribution in [2.75, 3.05) is 25.5 Å². The summed E-state index contributed by atoms with van der Waals surface area (Å²) in [5.74, 6) is -0.354. The molecule has 1 saturated heterocycles. The molecule has 1 aliphatic rings. The molecule has 1 aromatic carbocycles. The van der Waals surface area contributed by atoms with Crippen molar-refractivity contribution in [2.24, 2.45) is 0 Å². The summed E-state index contributed by atoms with van der Waals surface area (Å²) < 4.78 is 4.82. The van der Waals surface area contributed by atoms with Crippen LogP contribution >= 0.6 is 0 Å². The molecule has 0 radical (unpaired) electrons. The third kappa shape index (κ3) is 4.29. The highest BCUT2D eigenvalue weighted by Gasteiger charge is 2.30. The molecule has 1 N–H and O–H groups in total. The number of anilines is 1. The number of piperidine rings is 1. The van der Waals surface area contributed by atoms with Crippen LogP contribution in [0.25, 0.3) is 0 Å². The SMILES string of the molecule is COC(=O)C1CCCCN1CC(=O)Nc1ccc(C)cc1. The van der Waals surface area contributed by atoms with Crippen molar-refractivity contribution < 1.29 is 14.3 Å². The van der Waals surface area contributed by atoms with Gasteiger partial charge in [-0.3, -0.25) is 14.5 Å². The number of methoxy groups -OCH3 is 1. The lowest BCUT2D eigenvalue weighted by Crippen LogP contribution is -2.48. The van der Waals surface area contributed by atoms with E-state index in [2.05, 4.69) is 5.32 Å². The summed E-state index contributed by atoms with van der Waals surface area (Å²) in [6, 6.07) is 7.36. The Kier molecular flexibility index (Phi) is 5.33. The Morgan fingerprint density at radius 1 is 1.29 bits per heavy atom. The largest absolute Gasteiger partial charge is 0.468 e. The van der Waals surface area contributed by atoms with Crippen LogP contribution in [-0.4, -0.2) is 43.0 Å². The Bertz CT molecular complexity index is 499. The van der Waals surface area contributed by atoms with Crippen molar-refractivity contribution in [3.63, 3.8) is 0 Å². The molecule has 1 heterocycles. The van der Waals surface area contributed by atoms with E-state index in [1.165, 1.54) is 7.11 Å². The van der Waals surface area contributed by atoms with Gasteiger partial charge in [-0.2, -0.15) is 0 Å². The van der Waals surface area contributed by atoms with Crippen LogP contribution in [0.5, 0.6) is 0 Å². The van der Waals surface area contributed by atoms with Crippen LogP contribution in [0.4, 0.5) is 5.69 Å². The zero-order chi connectivity index (χ0) is 15.2. The minimum Gasteiger partial charge on any atom is -0.468 e. The third-order valence-electron chi connectivity index (χ3n) is 3.77. The molecule has 114 valence electrons. The molecule has 1 aromatic rings. The molecule has 5 heteroatoms. The van der Waals surface area contributed by atoms with Gasteiger partial charge in [-0.05, 0) is 38.4 Å². The number of nitrogens with one attached hydrogen (secondary N) is 1. The summed E-state index contributed by atoms with van der Waals surface area (Å²) in [4.78, 5) is 25.8. The van der Waals surface area contributed by atoms with Crippen LogP contribution in [0.1, 0.15) is 24.8 Å². The molecule has 1 fully saturated rings. The number of carbonyl (C=O) groups is 2. The Hall–Kier alpha value is -1.88. The van der Waals surface area contributed by atoms with Crippen molar-refractivity contribution in [1.82, 2.24) is 4.90 Å². The van der Waals surface area contributed by atoms with E-state index in [4.69, 9.17) is 4.74 Å². The maximum Gasteiger partial charge on any atom is 0.323 e. The molecule has 1 aliphatic heterocycles. The van der Waals surface area contributed by atoms with Crippen molar-refractivity contribution in [2.45, 2.75) is 32.2 Å². The zero-order valence-corrected chi connectivity index (χ0v) is 12.6. The topological polar surface area (TPSA) is 58.6 Å². The lowest BCUT2D eigenvalue weighted by molar-refractivity contribution is -0.148. The molecular formula is C16H22N2O3. The fraction of sp³-hybridized carbons (Fsp3) is 0.500. The van der Waals surface area contributed by atoms with E-state index in [9.17, 15) is 9.59 Å². The van der Waals surface area contributed by atoms with E-state index in [-0.39, 0.29) is 24.5 Å². The molecule has 0 aromatic heterocycles. The summed E-state index contributed by atoms with van der Waals surface area (Å²) in [5.41, 5.74) is 1.92. The molecule has 21 heavy (non-hydrogen) atoms. The van der Waals surface area contributed by atoms with E-state index in [1.807, 2.05) is 36.1 Å². The number of likely N-dealkylation sites (tertiary alicyclic amines) is 1. The average Bonchev–Trinajstić information content (AvgIpc) is 2.49. The van der Waals surface area contributed by atoms with Gasteiger partial charge in [0.25, 0.3) is 0 Å². The number of carbonyl (C=O) groups excluding carboxylic acids is 2. The minimum atomic E-state index is -0.299. The summed E-state index contributed by atoms with van der Waals surface area (Å²) in [6.07, 6.45) is 2.76. The summed E-state index contributed by atoms with van der Waals surface area (Å²) in [5, 5.41) is 2.86. The van der Waals surface area contributed by atoms with Crippen molar-refractivity contribution in [1.29, 1.82) is 0 Å². The van der Waals surface area contributed by atoms with Gasteiger partial charge in [0.2, 0.25) is 5.91 Å². The number of hydrogen-bond donors (Lipinski definition) is 1. The monoisotopic (exact) mass is 290 g/mol. The second-order valence-electron chi connectivity index (χ2n) is 5.42. The molecule has 1 unspecified atom stereocenters. The van der Waals surface area contributed by atoms with Crippen LogP contribution in [0, 0.1) is 6.92 Å². The fourth-order valence-corrected chi connectivity index (χ4v) is 2.61. The van der Waals surface area contributed by atoms with Gasteiger partial charge in [0.1, 0.15) is 6.04 Å². The number of benzene rings is 1. The van der Waals surface area contributed by atoms with Crippen LogP contribution in [0.2, 0.25) is 0 Å². The number of ether oxygens (including phenoxy) is 1. The molecule has 2 rings (SSSR count). The third-order valence-corrected chi connectivity index (χ3v) is 3.77. The van der Waals surface area contributed by atoms with Crippen LogP contribution in [-0.2, 0) is 14.3 Å². The number of nitrogens with zero attached hydrogens (tertiary/aromatic N) is 1. The molecule has 1 amide bonds. The van der Waals surface area contributed by atoms with Crippen molar-refractivity contribution in [3.05, 3.63) is 29.8 Å². The van der Waals surface area contributed by atoms with E-state index in [0.717, 1.165) is 37.1 Å². The van der Waals surface area contributed by atoms with Gasteiger partial charge in [-0.25, -0.2) is 0 Å². The van der Waals surface area contributed by atoms with Crippen LogP contribution in [0.15, 0.2) is 24.3 Å².